The molecule has 12 heteroatoms. The Labute approximate surface area is 181 Å². The number of benzene rings is 2. The smallest absolute Gasteiger partial charge is 0.433 e. The lowest BCUT2D eigenvalue weighted by Gasteiger charge is -2.11. The van der Waals surface area contributed by atoms with Crippen LogP contribution in [0.3, 0.4) is 0 Å². The monoisotopic (exact) mass is 466 g/mol. The minimum absolute atomic E-state index is 0.114. The van der Waals surface area contributed by atoms with Gasteiger partial charge in [-0.15, -0.1) is 0 Å². The van der Waals surface area contributed by atoms with E-state index in [1.807, 2.05) is 0 Å². The van der Waals surface area contributed by atoms with Gasteiger partial charge in [0.1, 0.15) is 11.6 Å². The van der Waals surface area contributed by atoms with Crippen LogP contribution < -0.4 is 10.1 Å². The zero-order valence-corrected chi connectivity index (χ0v) is 16.3. The Bertz CT molecular complexity index is 1320. The summed E-state index contributed by atoms with van der Waals surface area (Å²) in [5, 5.41) is 5.97. The number of nitrogens with one attached hydrogen (secondary N) is 1. The van der Waals surface area contributed by atoms with Crippen LogP contribution in [0.1, 0.15) is 16.2 Å². The van der Waals surface area contributed by atoms with Crippen LogP contribution in [0.15, 0.2) is 60.7 Å². The Morgan fingerprint density at radius 1 is 1.03 bits per heavy atom. The number of alkyl halides is 5. The first-order valence-electron chi connectivity index (χ1n) is 9.21. The number of carbonyl (C=O) groups is 1. The molecule has 2 aromatic carbocycles. The maximum Gasteiger partial charge on any atom is 0.433 e. The molecule has 0 aliphatic heterocycles. The molecule has 0 atom stereocenters. The van der Waals surface area contributed by atoms with Crippen molar-refractivity contribution in [3.8, 4) is 17.0 Å². The molecule has 6 nitrogen and oxygen atoms in total. The molecule has 0 unspecified atom stereocenters. The van der Waals surface area contributed by atoms with Crippen molar-refractivity contribution in [2.45, 2.75) is 12.8 Å². The summed E-state index contributed by atoms with van der Waals surface area (Å²) in [5.74, 6) is -1.88. The number of hydrogen-bond acceptors (Lipinski definition) is 4. The predicted octanol–water partition coefficient (Wildman–Crippen LogP) is 5.41. The lowest BCUT2D eigenvalue weighted by Crippen LogP contribution is -2.16. The summed E-state index contributed by atoms with van der Waals surface area (Å²) in [7, 11) is 0. The van der Waals surface area contributed by atoms with Gasteiger partial charge in [-0.25, -0.2) is 13.9 Å². The number of halogens is 6. The van der Waals surface area contributed by atoms with Crippen molar-refractivity contribution in [1.29, 1.82) is 0 Å². The SMILES string of the molecule is O=C(Nc1ccccc1OC(F)F)c1cc2nc(-c3ccc(F)cc3)cc(C(F)(F)F)n2n1. The van der Waals surface area contributed by atoms with Crippen molar-refractivity contribution in [3.05, 3.63) is 77.9 Å². The molecule has 170 valence electrons. The summed E-state index contributed by atoms with van der Waals surface area (Å²) in [4.78, 5) is 16.7. The van der Waals surface area contributed by atoms with E-state index in [0.717, 1.165) is 24.3 Å². The summed E-state index contributed by atoms with van der Waals surface area (Å²) < 4.78 is 84.1. The van der Waals surface area contributed by atoms with Gasteiger partial charge in [-0.2, -0.15) is 27.1 Å². The van der Waals surface area contributed by atoms with Crippen LogP contribution in [0, 0.1) is 5.82 Å². The standard InChI is InChI=1S/C21H12F6N4O2/c22-12-7-5-11(6-8-12)14-9-17(21(25,26)27)31-18(28-14)10-15(30-31)19(32)29-13-3-1-2-4-16(13)33-20(23)24/h1-10,20H,(H,29,32). The van der Waals surface area contributed by atoms with Crippen molar-refractivity contribution >= 4 is 17.2 Å². The van der Waals surface area contributed by atoms with Crippen LogP contribution in [0.2, 0.25) is 0 Å². The van der Waals surface area contributed by atoms with E-state index in [0.29, 0.717) is 4.52 Å². The van der Waals surface area contributed by atoms with Crippen molar-refractivity contribution in [1.82, 2.24) is 14.6 Å². The lowest BCUT2D eigenvalue weighted by molar-refractivity contribution is -0.142. The summed E-state index contributed by atoms with van der Waals surface area (Å²) in [6.07, 6.45) is -4.85. The van der Waals surface area contributed by atoms with Gasteiger partial charge < -0.3 is 10.1 Å². The zero-order valence-electron chi connectivity index (χ0n) is 16.3. The maximum atomic E-state index is 13.7. The molecule has 0 saturated carbocycles. The lowest BCUT2D eigenvalue weighted by atomic mass is 10.1. The van der Waals surface area contributed by atoms with E-state index in [-0.39, 0.29) is 28.3 Å². The van der Waals surface area contributed by atoms with Gasteiger partial charge >= 0.3 is 12.8 Å². The van der Waals surface area contributed by atoms with Crippen LogP contribution in [-0.2, 0) is 6.18 Å². The topological polar surface area (TPSA) is 68.5 Å². The number of fused-ring (bicyclic) bond motifs is 1. The second-order valence-electron chi connectivity index (χ2n) is 6.66. The molecule has 1 N–H and O–H groups in total. The van der Waals surface area contributed by atoms with Crippen LogP contribution in [0.25, 0.3) is 16.9 Å². The molecule has 0 saturated heterocycles. The third-order valence-corrected chi connectivity index (χ3v) is 4.44. The first-order chi connectivity index (χ1) is 15.6. The molecule has 0 spiro atoms. The minimum atomic E-state index is -4.85. The van der Waals surface area contributed by atoms with Crippen LogP contribution >= 0.6 is 0 Å². The highest BCUT2D eigenvalue weighted by molar-refractivity contribution is 6.04. The molecule has 1 amide bonds. The van der Waals surface area contributed by atoms with Gasteiger partial charge in [0.2, 0.25) is 0 Å². The van der Waals surface area contributed by atoms with Crippen molar-refractivity contribution < 1.29 is 35.9 Å². The normalized spacial score (nSPS) is 11.7. The number of rotatable bonds is 5. The summed E-state index contributed by atoms with van der Waals surface area (Å²) >= 11 is 0. The Kier molecular flexibility index (Phi) is 5.66. The molecule has 33 heavy (non-hydrogen) atoms. The van der Waals surface area contributed by atoms with Gasteiger partial charge in [0.05, 0.1) is 11.4 Å². The number of ether oxygens (including phenoxy) is 1. The van der Waals surface area contributed by atoms with Crippen molar-refractivity contribution in [3.63, 3.8) is 0 Å². The molecular formula is C21H12F6N4O2. The quantitative estimate of drug-likeness (QED) is 0.400. The predicted molar refractivity (Wildman–Crippen MR) is 104 cm³/mol. The number of aromatic nitrogens is 3. The largest absolute Gasteiger partial charge is 0.433 e. The number of anilines is 1. The maximum absolute atomic E-state index is 13.7. The molecule has 4 aromatic rings. The van der Waals surface area contributed by atoms with Crippen LogP contribution in [0.4, 0.5) is 32.0 Å². The number of nitrogens with zero attached hydrogens (tertiary/aromatic N) is 3. The van der Waals surface area contributed by atoms with Gasteiger partial charge in [-0.05, 0) is 42.5 Å². The number of hydrogen-bond donors (Lipinski definition) is 1. The Hall–Kier alpha value is -4.09. The fourth-order valence-electron chi connectivity index (χ4n) is 3.01. The second kappa shape index (κ2) is 8.45. The fraction of sp³-hybridized carbons (Fsp3) is 0.0952. The Balaban J connectivity index is 1.74. The van der Waals surface area contributed by atoms with E-state index in [4.69, 9.17) is 0 Å². The van der Waals surface area contributed by atoms with Crippen molar-refractivity contribution in [2.24, 2.45) is 0 Å². The third-order valence-electron chi connectivity index (χ3n) is 4.44. The molecule has 0 aliphatic rings. The second-order valence-corrected chi connectivity index (χ2v) is 6.66. The number of carbonyl (C=O) groups excluding carboxylic acids is 1. The van der Waals surface area contributed by atoms with Crippen LogP contribution in [0.5, 0.6) is 5.75 Å². The average molecular weight is 466 g/mol. The fourth-order valence-corrected chi connectivity index (χ4v) is 3.01. The summed E-state index contributed by atoms with van der Waals surface area (Å²) in [6, 6.07) is 11.7. The first-order valence-corrected chi connectivity index (χ1v) is 9.21. The summed E-state index contributed by atoms with van der Waals surface area (Å²) in [5.41, 5.74) is -1.99. The van der Waals surface area contributed by atoms with E-state index in [9.17, 15) is 31.1 Å². The van der Waals surface area contributed by atoms with Gasteiger partial charge in [0, 0.05) is 11.6 Å². The molecular weight excluding hydrogens is 454 g/mol. The highest BCUT2D eigenvalue weighted by atomic mass is 19.4. The van der Waals surface area contributed by atoms with E-state index < -0.39 is 35.9 Å². The summed E-state index contributed by atoms with van der Waals surface area (Å²) in [6.45, 7) is -3.15. The minimum Gasteiger partial charge on any atom is -0.433 e. The highest BCUT2D eigenvalue weighted by Crippen LogP contribution is 2.33. The Morgan fingerprint density at radius 2 is 1.73 bits per heavy atom. The van der Waals surface area contributed by atoms with Crippen molar-refractivity contribution in [2.75, 3.05) is 5.32 Å². The van der Waals surface area contributed by atoms with Gasteiger partial charge in [-0.1, -0.05) is 12.1 Å². The third kappa shape index (κ3) is 4.73. The van der Waals surface area contributed by atoms with E-state index >= 15 is 0 Å². The van der Waals surface area contributed by atoms with Gasteiger partial charge in [-0.3, -0.25) is 4.79 Å². The number of para-hydroxylation sites is 2. The zero-order chi connectivity index (χ0) is 23.8. The number of amides is 1. The Morgan fingerprint density at radius 3 is 2.39 bits per heavy atom. The molecule has 2 heterocycles. The van der Waals surface area contributed by atoms with Gasteiger partial charge in [0.15, 0.2) is 17.0 Å². The molecule has 0 radical (unpaired) electrons. The molecule has 4 rings (SSSR count). The first kappa shape index (κ1) is 22.1. The average Bonchev–Trinajstić information content (AvgIpc) is 3.18. The van der Waals surface area contributed by atoms with E-state index in [1.54, 1.807) is 0 Å². The highest BCUT2D eigenvalue weighted by Gasteiger charge is 2.35. The van der Waals surface area contributed by atoms with E-state index in [1.165, 1.54) is 36.4 Å². The van der Waals surface area contributed by atoms with E-state index in [2.05, 4.69) is 20.1 Å². The molecule has 0 bridgehead atoms. The van der Waals surface area contributed by atoms with Crippen LogP contribution in [-0.4, -0.2) is 27.1 Å². The molecule has 0 fully saturated rings. The molecule has 2 aromatic heterocycles. The van der Waals surface area contributed by atoms with Gasteiger partial charge in [0.25, 0.3) is 5.91 Å². The molecule has 0 aliphatic carbocycles.